The molecule has 0 spiro atoms. The zero-order valence-corrected chi connectivity index (χ0v) is 9.56. The zero-order valence-electron chi connectivity index (χ0n) is 9.56. The Labute approximate surface area is 97.0 Å². The minimum Gasteiger partial charge on any atom is -0.380 e. The summed E-state index contributed by atoms with van der Waals surface area (Å²) in [6, 6.07) is 12.2. The maximum Gasteiger partial charge on any atom is 0.0620 e. The van der Waals surface area contributed by atoms with Crippen LogP contribution < -0.4 is 5.32 Å². The van der Waals surface area contributed by atoms with Crippen LogP contribution in [0.1, 0.15) is 30.7 Å². The maximum absolute atomic E-state index is 5.38. The Morgan fingerprint density at radius 2 is 1.88 bits per heavy atom. The molecule has 0 aromatic heterocycles. The lowest BCUT2D eigenvalue weighted by atomic mass is 9.75. The first-order valence-corrected chi connectivity index (χ1v) is 6.30. The van der Waals surface area contributed by atoms with Crippen molar-refractivity contribution < 1.29 is 4.74 Å². The first kappa shape index (κ1) is 10.3. The van der Waals surface area contributed by atoms with Gasteiger partial charge in [0.2, 0.25) is 0 Å². The molecule has 1 aromatic rings. The second-order valence-electron chi connectivity index (χ2n) is 5.00. The first-order valence-electron chi connectivity index (χ1n) is 6.30. The summed E-state index contributed by atoms with van der Waals surface area (Å²) >= 11 is 0. The Bertz CT molecular complexity index is 326. The Hall–Kier alpha value is -0.860. The molecule has 2 aliphatic rings. The van der Waals surface area contributed by atoms with Gasteiger partial charge in [0.15, 0.2) is 0 Å². The monoisotopic (exact) mass is 217 g/mol. The molecule has 2 fully saturated rings. The van der Waals surface area contributed by atoms with E-state index in [2.05, 4.69) is 35.6 Å². The topological polar surface area (TPSA) is 21.3 Å². The summed E-state index contributed by atoms with van der Waals surface area (Å²) in [5.41, 5.74) is 1.50. The molecule has 3 rings (SSSR count). The SMILES string of the molecule is c1ccc(C2CC(NC3CCOC3)C2)cc1. The molecular formula is C14H19NO. The van der Waals surface area contributed by atoms with Gasteiger partial charge in [-0.1, -0.05) is 30.3 Å². The van der Waals surface area contributed by atoms with Gasteiger partial charge in [-0.05, 0) is 30.7 Å². The van der Waals surface area contributed by atoms with Crippen LogP contribution in [0.15, 0.2) is 30.3 Å². The van der Waals surface area contributed by atoms with E-state index < -0.39 is 0 Å². The Morgan fingerprint density at radius 3 is 2.56 bits per heavy atom. The van der Waals surface area contributed by atoms with Crippen molar-refractivity contribution in [3.8, 4) is 0 Å². The molecule has 1 unspecified atom stereocenters. The van der Waals surface area contributed by atoms with Gasteiger partial charge in [0.25, 0.3) is 0 Å². The summed E-state index contributed by atoms with van der Waals surface area (Å²) in [4.78, 5) is 0. The molecule has 2 nitrogen and oxygen atoms in total. The summed E-state index contributed by atoms with van der Waals surface area (Å²) in [6.45, 7) is 1.85. The average Bonchev–Trinajstić information content (AvgIpc) is 2.77. The van der Waals surface area contributed by atoms with Crippen molar-refractivity contribution in [2.45, 2.75) is 37.3 Å². The van der Waals surface area contributed by atoms with E-state index in [0.717, 1.165) is 25.2 Å². The second-order valence-corrected chi connectivity index (χ2v) is 5.00. The molecule has 1 saturated carbocycles. The molecule has 86 valence electrons. The fraction of sp³-hybridized carbons (Fsp3) is 0.571. The van der Waals surface area contributed by atoms with Gasteiger partial charge in [0.1, 0.15) is 0 Å². The number of ether oxygens (including phenoxy) is 1. The van der Waals surface area contributed by atoms with Gasteiger partial charge >= 0.3 is 0 Å². The van der Waals surface area contributed by atoms with Crippen LogP contribution in [0.25, 0.3) is 0 Å². The van der Waals surface area contributed by atoms with Crippen molar-refractivity contribution in [3.63, 3.8) is 0 Å². The van der Waals surface area contributed by atoms with E-state index in [4.69, 9.17) is 4.74 Å². The summed E-state index contributed by atoms with van der Waals surface area (Å²) in [7, 11) is 0. The van der Waals surface area contributed by atoms with Crippen LogP contribution >= 0.6 is 0 Å². The maximum atomic E-state index is 5.38. The van der Waals surface area contributed by atoms with Gasteiger partial charge < -0.3 is 10.1 Å². The van der Waals surface area contributed by atoms with Crippen LogP contribution in [0, 0.1) is 0 Å². The number of hydrogen-bond donors (Lipinski definition) is 1. The molecule has 0 amide bonds. The minimum absolute atomic E-state index is 0.613. The molecule has 1 saturated heterocycles. The van der Waals surface area contributed by atoms with Gasteiger partial charge in [-0.25, -0.2) is 0 Å². The van der Waals surface area contributed by atoms with E-state index in [1.807, 2.05) is 0 Å². The van der Waals surface area contributed by atoms with Crippen molar-refractivity contribution in [3.05, 3.63) is 35.9 Å². The summed E-state index contributed by atoms with van der Waals surface area (Å²) in [5.74, 6) is 0.779. The lowest BCUT2D eigenvalue weighted by molar-refractivity contribution is 0.180. The van der Waals surface area contributed by atoms with Gasteiger partial charge in [-0.3, -0.25) is 0 Å². The van der Waals surface area contributed by atoms with E-state index in [9.17, 15) is 0 Å². The number of nitrogens with one attached hydrogen (secondary N) is 1. The second kappa shape index (κ2) is 4.56. The van der Waals surface area contributed by atoms with E-state index in [1.54, 1.807) is 0 Å². The average molecular weight is 217 g/mol. The number of benzene rings is 1. The molecule has 1 atom stereocenters. The van der Waals surface area contributed by atoms with Gasteiger partial charge in [-0.15, -0.1) is 0 Å². The van der Waals surface area contributed by atoms with Crippen molar-refractivity contribution in [1.29, 1.82) is 0 Å². The lowest BCUT2D eigenvalue weighted by Gasteiger charge is -2.37. The van der Waals surface area contributed by atoms with Crippen LogP contribution in [0.2, 0.25) is 0 Å². The molecule has 1 heterocycles. The fourth-order valence-corrected chi connectivity index (χ4v) is 2.75. The third-order valence-electron chi connectivity index (χ3n) is 3.81. The smallest absolute Gasteiger partial charge is 0.0620 e. The standard InChI is InChI=1S/C14H19NO/c1-2-4-11(5-3-1)12-8-14(9-12)15-13-6-7-16-10-13/h1-5,12-15H,6-10H2. The van der Waals surface area contributed by atoms with Gasteiger partial charge in [-0.2, -0.15) is 0 Å². The van der Waals surface area contributed by atoms with Crippen molar-refractivity contribution in [2.75, 3.05) is 13.2 Å². The summed E-state index contributed by atoms with van der Waals surface area (Å²) in [6.07, 6.45) is 3.77. The molecule has 1 N–H and O–H groups in total. The Kier molecular flexibility index (Phi) is 2.94. The van der Waals surface area contributed by atoms with Crippen LogP contribution in [0.3, 0.4) is 0 Å². The molecule has 0 bridgehead atoms. The molecular weight excluding hydrogens is 198 g/mol. The summed E-state index contributed by atoms with van der Waals surface area (Å²) < 4.78 is 5.38. The highest BCUT2D eigenvalue weighted by molar-refractivity contribution is 5.22. The highest BCUT2D eigenvalue weighted by atomic mass is 16.5. The van der Waals surface area contributed by atoms with Crippen LogP contribution in [0.4, 0.5) is 0 Å². The van der Waals surface area contributed by atoms with Crippen molar-refractivity contribution in [1.82, 2.24) is 5.32 Å². The zero-order chi connectivity index (χ0) is 10.8. The Balaban J connectivity index is 1.47. The summed E-state index contributed by atoms with van der Waals surface area (Å²) in [5, 5.41) is 3.69. The van der Waals surface area contributed by atoms with Crippen molar-refractivity contribution in [2.24, 2.45) is 0 Å². The quantitative estimate of drug-likeness (QED) is 0.839. The van der Waals surface area contributed by atoms with Crippen LogP contribution in [-0.4, -0.2) is 25.3 Å². The van der Waals surface area contributed by atoms with Crippen LogP contribution in [0.5, 0.6) is 0 Å². The molecule has 0 radical (unpaired) electrons. The molecule has 1 aliphatic heterocycles. The fourth-order valence-electron chi connectivity index (χ4n) is 2.75. The largest absolute Gasteiger partial charge is 0.380 e. The predicted molar refractivity (Wildman–Crippen MR) is 64.6 cm³/mol. The molecule has 2 heteroatoms. The molecule has 16 heavy (non-hydrogen) atoms. The van der Waals surface area contributed by atoms with Gasteiger partial charge in [0.05, 0.1) is 6.61 Å². The number of rotatable bonds is 3. The molecule has 1 aliphatic carbocycles. The van der Waals surface area contributed by atoms with Gasteiger partial charge in [0, 0.05) is 18.7 Å². The van der Waals surface area contributed by atoms with E-state index >= 15 is 0 Å². The first-order chi connectivity index (χ1) is 7.92. The Morgan fingerprint density at radius 1 is 1.06 bits per heavy atom. The van der Waals surface area contributed by atoms with Crippen molar-refractivity contribution >= 4 is 0 Å². The normalized spacial score (nSPS) is 33.6. The third-order valence-corrected chi connectivity index (χ3v) is 3.81. The highest BCUT2D eigenvalue weighted by Crippen LogP contribution is 2.37. The van der Waals surface area contributed by atoms with E-state index in [0.29, 0.717) is 6.04 Å². The number of hydrogen-bond acceptors (Lipinski definition) is 2. The highest BCUT2D eigenvalue weighted by Gasteiger charge is 2.32. The minimum atomic E-state index is 0.613. The van der Waals surface area contributed by atoms with Crippen LogP contribution in [-0.2, 0) is 4.74 Å². The third kappa shape index (κ3) is 2.13. The predicted octanol–water partition coefficient (Wildman–Crippen LogP) is 2.31. The van der Waals surface area contributed by atoms with E-state index in [1.165, 1.54) is 24.8 Å². The molecule has 1 aromatic carbocycles. The van der Waals surface area contributed by atoms with E-state index in [-0.39, 0.29) is 0 Å². The lowest BCUT2D eigenvalue weighted by Crippen LogP contribution is -2.45.